The van der Waals surface area contributed by atoms with Gasteiger partial charge in [-0.05, 0) is 29.7 Å². The van der Waals surface area contributed by atoms with E-state index in [0.29, 0.717) is 12.2 Å². The fourth-order valence-corrected chi connectivity index (χ4v) is 1.85. The van der Waals surface area contributed by atoms with E-state index in [4.69, 9.17) is 0 Å². The lowest BCUT2D eigenvalue weighted by Gasteiger charge is -2.09. The van der Waals surface area contributed by atoms with Gasteiger partial charge < -0.3 is 10.1 Å². The first-order valence-corrected chi connectivity index (χ1v) is 5.92. The summed E-state index contributed by atoms with van der Waals surface area (Å²) in [6, 6.07) is 3.89. The number of methoxy groups -OCH3 is 1. The van der Waals surface area contributed by atoms with Crippen LogP contribution in [0, 0.1) is 5.82 Å². The van der Waals surface area contributed by atoms with Crippen LogP contribution in [0.4, 0.5) is 10.1 Å². The van der Waals surface area contributed by atoms with Crippen molar-refractivity contribution in [1.29, 1.82) is 0 Å². The number of hydrogen-bond acceptors (Lipinski definition) is 6. The number of esters is 1. The number of hydrogen-bond donors (Lipinski definition) is 1. The number of anilines is 1. The molecule has 0 aliphatic heterocycles. The predicted octanol–water partition coefficient (Wildman–Crippen LogP) is 2.08. The number of nitrogens with one attached hydrogen (secondary N) is 1. The van der Waals surface area contributed by atoms with Gasteiger partial charge in [-0.2, -0.15) is 0 Å². The molecule has 1 aromatic heterocycles. The van der Waals surface area contributed by atoms with E-state index in [1.807, 2.05) is 0 Å². The Balaban J connectivity index is 2.18. The first-order chi connectivity index (χ1) is 8.70. The van der Waals surface area contributed by atoms with Crippen LogP contribution in [0.1, 0.15) is 16.1 Å². The number of carbonyl (C=O) groups excluding carboxylic acids is 1. The summed E-state index contributed by atoms with van der Waals surface area (Å²) < 4.78 is 21.4. The topological polar surface area (TPSA) is 64.1 Å². The van der Waals surface area contributed by atoms with E-state index in [1.54, 1.807) is 5.38 Å². The third-order valence-electron chi connectivity index (χ3n) is 2.25. The van der Waals surface area contributed by atoms with Crippen LogP contribution < -0.4 is 5.32 Å². The summed E-state index contributed by atoms with van der Waals surface area (Å²) in [5.41, 5.74) is 1.40. The molecule has 0 bridgehead atoms. The minimum atomic E-state index is -0.589. The lowest BCUT2D eigenvalue weighted by atomic mass is 10.1. The zero-order valence-corrected chi connectivity index (χ0v) is 10.3. The van der Waals surface area contributed by atoms with E-state index in [2.05, 4.69) is 19.6 Å². The number of carbonyl (C=O) groups is 1. The molecule has 0 saturated carbocycles. The van der Waals surface area contributed by atoms with E-state index >= 15 is 0 Å². The van der Waals surface area contributed by atoms with Crippen molar-refractivity contribution in [2.45, 2.75) is 6.54 Å². The maximum absolute atomic E-state index is 13.1. The lowest BCUT2D eigenvalue weighted by Crippen LogP contribution is -2.09. The molecule has 1 N–H and O–H groups in total. The first kappa shape index (κ1) is 12.4. The van der Waals surface area contributed by atoms with Gasteiger partial charge in [0, 0.05) is 11.1 Å². The summed E-state index contributed by atoms with van der Waals surface area (Å²) in [5, 5.41) is 8.64. The van der Waals surface area contributed by atoms with Crippen molar-refractivity contribution in [3.05, 3.63) is 40.7 Å². The largest absolute Gasteiger partial charge is 0.465 e. The molecular weight excluding hydrogens is 257 g/mol. The smallest absolute Gasteiger partial charge is 0.340 e. The summed E-state index contributed by atoms with van der Waals surface area (Å²) in [6.45, 7) is 0.409. The predicted molar refractivity (Wildman–Crippen MR) is 65.0 cm³/mol. The third-order valence-corrected chi connectivity index (χ3v) is 2.81. The molecule has 94 valence electrons. The monoisotopic (exact) mass is 267 g/mol. The Morgan fingerprint density at radius 1 is 1.56 bits per heavy atom. The van der Waals surface area contributed by atoms with Crippen LogP contribution in [-0.2, 0) is 11.3 Å². The molecule has 2 rings (SSSR count). The Morgan fingerprint density at radius 2 is 2.39 bits per heavy atom. The van der Waals surface area contributed by atoms with Crippen molar-refractivity contribution in [2.75, 3.05) is 12.4 Å². The van der Waals surface area contributed by atoms with Crippen molar-refractivity contribution < 1.29 is 13.9 Å². The van der Waals surface area contributed by atoms with Gasteiger partial charge in [0.1, 0.15) is 5.82 Å². The third kappa shape index (κ3) is 2.80. The van der Waals surface area contributed by atoms with Gasteiger partial charge in [-0.25, -0.2) is 9.18 Å². The highest BCUT2D eigenvalue weighted by Gasteiger charge is 2.13. The van der Waals surface area contributed by atoms with E-state index in [1.165, 1.54) is 30.8 Å². The van der Waals surface area contributed by atoms with Crippen LogP contribution >= 0.6 is 11.5 Å². The molecule has 0 fully saturated rings. The van der Waals surface area contributed by atoms with Gasteiger partial charge in [-0.15, -0.1) is 5.10 Å². The summed E-state index contributed by atoms with van der Waals surface area (Å²) in [7, 11) is 1.25. The average molecular weight is 267 g/mol. The molecule has 5 nitrogen and oxygen atoms in total. The number of halogens is 1. The lowest BCUT2D eigenvalue weighted by molar-refractivity contribution is 0.0601. The molecule has 0 radical (unpaired) electrons. The molecule has 1 aromatic carbocycles. The molecule has 18 heavy (non-hydrogen) atoms. The Labute approximate surface area is 107 Å². The van der Waals surface area contributed by atoms with Crippen LogP contribution in [0.25, 0.3) is 0 Å². The fourth-order valence-electron chi connectivity index (χ4n) is 1.40. The van der Waals surface area contributed by atoms with Crippen molar-refractivity contribution in [2.24, 2.45) is 0 Å². The number of ether oxygens (including phenoxy) is 1. The summed E-state index contributed by atoms with van der Waals surface area (Å²) in [6.07, 6.45) is 0. The average Bonchev–Trinajstić information content (AvgIpc) is 2.89. The zero-order chi connectivity index (χ0) is 13.0. The Kier molecular flexibility index (Phi) is 3.83. The molecule has 0 aliphatic rings. The Bertz CT molecular complexity index is 545. The minimum absolute atomic E-state index is 0.153. The van der Waals surface area contributed by atoms with Crippen molar-refractivity contribution in [3.63, 3.8) is 0 Å². The van der Waals surface area contributed by atoms with Gasteiger partial charge >= 0.3 is 5.97 Å². The summed E-state index contributed by atoms with van der Waals surface area (Å²) >= 11 is 1.24. The van der Waals surface area contributed by atoms with E-state index in [9.17, 15) is 9.18 Å². The number of aromatic nitrogens is 2. The van der Waals surface area contributed by atoms with Crippen LogP contribution in [0.2, 0.25) is 0 Å². The summed E-state index contributed by atoms with van der Waals surface area (Å²) in [4.78, 5) is 11.5. The van der Waals surface area contributed by atoms with Crippen LogP contribution in [0.3, 0.4) is 0 Å². The molecular formula is C11H10FN3O2S. The molecule has 2 aromatic rings. The second kappa shape index (κ2) is 5.54. The molecule has 1 heterocycles. The maximum Gasteiger partial charge on any atom is 0.340 e. The van der Waals surface area contributed by atoms with E-state index < -0.39 is 11.8 Å². The first-order valence-electron chi connectivity index (χ1n) is 5.08. The van der Waals surface area contributed by atoms with Gasteiger partial charge in [0.15, 0.2) is 0 Å². The second-order valence-electron chi connectivity index (χ2n) is 3.43. The van der Waals surface area contributed by atoms with Gasteiger partial charge in [0.05, 0.1) is 24.9 Å². The zero-order valence-electron chi connectivity index (χ0n) is 9.51. The number of benzene rings is 1. The van der Waals surface area contributed by atoms with E-state index in [0.717, 1.165) is 11.8 Å². The van der Waals surface area contributed by atoms with Crippen molar-refractivity contribution in [1.82, 2.24) is 9.59 Å². The molecule has 0 atom stereocenters. The Morgan fingerprint density at radius 3 is 3.06 bits per heavy atom. The number of nitrogens with zero attached hydrogens (tertiary/aromatic N) is 2. The second-order valence-corrected chi connectivity index (χ2v) is 4.04. The fraction of sp³-hybridized carbons (Fsp3) is 0.182. The molecule has 0 amide bonds. The molecule has 7 heteroatoms. The maximum atomic E-state index is 13.1. The van der Waals surface area contributed by atoms with E-state index in [-0.39, 0.29) is 5.56 Å². The number of rotatable bonds is 4. The molecule has 0 spiro atoms. The van der Waals surface area contributed by atoms with Crippen molar-refractivity contribution in [3.8, 4) is 0 Å². The van der Waals surface area contributed by atoms with Gasteiger partial charge in [0.2, 0.25) is 0 Å². The normalized spacial score (nSPS) is 10.1. The van der Waals surface area contributed by atoms with Crippen molar-refractivity contribution >= 4 is 23.2 Å². The molecule has 0 saturated heterocycles. The quantitative estimate of drug-likeness (QED) is 0.859. The molecule has 0 unspecified atom stereocenters. The van der Waals surface area contributed by atoms with Crippen LogP contribution in [0.15, 0.2) is 23.6 Å². The van der Waals surface area contributed by atoms with Crippen LogP contribution in [0.5, 0.6) is 0 Å². The molecule has 0 aliphatic carbocycles. The highest BCUT2D eigenvalue weighted by atomic mass is 32.1. The van der Waals surface area contributed by atoms with Crippen LogP contribution in [-0.4, -0.2) is 22.7 Å². The highest BCUT2D eigenvalue weighted by molar-refractivity contribution is 7.03. The Hall–Kier alpha value is -2.02. The minimum Gasteiger partial charge on any atom is -0.465 e. The van der Waals surface area contributed by atoms with Gasteiger partial charge in [0.25, 0.3) is 0 Å². The summed E-state index contributed by atoms with van der Waals surface area (Å²) in [5.74, 6) is -1.08. The van der Waals surface area contributed by atoms with Gasteiger partial charge in [-0.1, -0.05) is 4.49 Å². The SMILES string of the molecule is COC(=O)c1cc(F)ccc1NCc1csnn1. The highest BCUT2D eigenvalue weighted by Crippen LogP contribution is 2.18. The standard InChI is InChI=1S/C11H10FN3O2S/c1-17-11(16)9-4-7(12)2-3-10(9)13-5-8-6-18-15-14-8/h2-4,6,13H,5H2,1H3. The van der Waals surface area contributed by atoms with Gasteiger partial charge in [-0.3, -0.25) is 0 Å².